The molecule has 0 aromatic carbocycles. The molecule has 2 unspecified atom stereocenters. The summed E-state index contributed by atoms with van der Waals surface area (Å²) in [4.78, 5) is 2.58. The van der Waals surface area contributed by atoms with Gasteiger partial charge in [-0.25, -0.2) is 0 Å². The van der Waals surface area contributed by atoms with E-state index in [4.69, 9.17) is 0 Å². The van der Waals surface area contributed by atoms with E-state index in [2.05, 4.69) is 38.0 Å². The lowest BCUT2D eigenvalue weighted by Crippen LogP contribution is -2.41. The average molecular weight is 240 g/mol. The van der Waals surface area contributed by atoms with E-state index in [1.54, 1.807) is 0 Å². The highest BCUT2D eigenvalue weighted by atomic mass is 15.1. The van der Waals surface area contributed by atoms with Gasteiger partial charge in [0.2, 0.25) is 0 Å². The molecule has 1 aliphatic rings. The first kappa shape index (κ1) is 15.0. The minimum absolute atomic E-state index is 0.691. The van der Waals surface area contributed by atoms with Crippen LogP contribution in [0.5, 0.6) is 0 Å². The molecule has 1 rings (SSSR count). The topological polar surface area (TPSA) is 15.3 Å². The third kappa shape index (κ3) is 5.39. The molecular weight excluding hydrogens is 208 g/mol. The van der Waals surface area contributed by atoms with Crippen LogP contribution in [-0.4, -0.2) is 37.6 Å². The van der Waals surface area contributed by atoms with Gasteiger partial charge in [-0.05, 0) is 51.7 Å². The second-order valence-electron chi connectivity index (χ2n) is 5.97. The Labute approximate surface area is 108 Å². The molecule has 17 heavy (non-hydrogen) atoms. The summed E-state index contributed by atoms with van der Waals surface area (Å²) in [6, 6.07) is 0.691. The van der Waals surface area contributed by atoms with Crippen molar-refractivity contribution < 1.29 is 0 Å². The summed E-state index contributed by atoms with van der Waals surface area (Å²) in [6.07, 6.45) is 7.30. The maximum absolute atomic E-state index is 3.46. The van der Waals surface area contributed by atoms with Gasteiger partial charge in [-0.15, -0.1) is 0 Å². The number of hydrogen-bond acceptors (Lipinski definition) is 2. The maximum atomic E-state index is 3.46. The van der Waals surface area contributed by atoms with Crippen LogP contribution in [0.1, 0.15) is 52.9 Å². The van der Waals surface area contributed by atoms with E-state index in [1.165, 1.54) is 38.6 Å². The Morgan fingerprint density at radius 1 is 1.18 bits per heavy atom. The van der Waals surface area contributed by atoms with E-state index in [0.29, 0.717) is 6.04 Å². The molecule has 2 nitrogen and oxygen atoms in total. The van der Waals surface area contributed by atoms with Gasteiger partial charge in [-0.1, -0.05) is 33.1 Å². The standard InChI is InChI=1S/C15H32N2/c1-5-16-11-13(2)14(3)17(4)12-15-9-7-6-8-10-15/h13-16H,5-12H2,1-4H3. The highest BCUT2D eigenvalue weighted by Gasteiger charge is 2.21. The second kappa shape index (κ2) is 8.10. The van der Waals surface area contributed by atoms with Crippen LogP contribution in [0.3, 0.4) is 0 Å². The van der Waals surface area contributed by atoms with Crippen molar-refractivity contribution in [3.63, 3.8) is 0 Å². The van der Waals surface area contributed by atoms with Gasteiger partial charge < -0.3 is 10.2 Å². The Balaban J connectivity index is 2.26. The SMILES string of the molecule is CCNCC(C)C(C)N(C)CC1CCCCC1. The molecule has 0 amide bonds. The largest absolute Gasteiger partial charge is 0.317 e. The van der Waals surface area contributed by atoms with Crippen LogP contribution >= 0.6 is 0 Å². The van der Waals surface area contributed by atoms with E-state index in [0.717, 1.165) is 24.9 Å². The van der Waals surface area contributed by atoms with Crippen LogP contribution < -0.4 is 5.32 Å². The Bertz CT molecular complexity index is 187. The molecule has 0 bridgehead atoms. The van der Waals surface area contributed by atoms with Gasteiger partial charge in [0.1, 0.15) is 0 Å². The van der Waals surface area contributed by atoms with Gasteiger partial charge >= 0.3 is 0 Å². The van der Waals surface area contributed by atoms with Crippen LogP contribution in [0.4, 0.5) is 0 Å². The fraction of sp³-hybridized carbons (Fsp3) is 1.00. The Hall–Kier alpha value is -0.0800. The van der Waals surface area contributed by atoms with Crippen molar-refractivity contribution in [2.45, 2.75) is 58.9 Å². The van der Waals surface area contributed by atoms with Crippen molar-refractivity contribution in [2.24, 2.45) is 11.8 Å². The number of nitrogens with zero attached hydrogens (tertiary/aromatic N) is 1. The maximum Gasteiger partial charge on any atom is 0.0102 e. The highest BCUT2D eigenvalue weighted by molar-refractivity contribution is 4.76. The lowest BCUT2D eigenvalue weighted by Gasteiger charge is -2.34. The van der Waals surface area contributed by atoms with E-state index in [1.807, 2.05) is 0 Å². The molecule has 0 saturated heterocycles. The summed E-state index contributed by atoms with van der Waals surface area (Å²) in [5.74, 6) is 1.70. The van der Waals surface area contributed by atoms with Crippen molar-refractivity contribution in [1.82, 2.24) is 10.2 Å². The zero-order chi connectivity index (χ0) is 12.7. The summed E-state index contributed by atoms with van der Waals surface area (Å²) in [5.41, 5.74) is 0. The molecular formula is C15H32N2. The van der Waals surface area contributed by atoms with E-state index in [9.17, 15) is 0 Å². The van der Waals surface area contributed by atoms with Gasteiger partial charge in [0.15, 0.2) is 0 Å². The summed E-state index contributed by atoms with van der Waals surface area (Å²) in [7, 11) is 2.31. The van der Waals surface area contributed by atoms with Crippen molar-refractivity contribution in [1.29, 1.82) is 0 Å². The molecule has 0 aromatic heterocycles. The molecule has 2 heteroatoms. The number of hydrogen-bond donors (Lipinski definition) is 1. The Kier molecular flexibility index (Phi) is 7.14. The molecule has 0 aliphatic heterocycles. The lowest BCUT2D eigenvalue weighted by atomic mass is 9.88. The van der Waals surface area contributed by atoms with Gasteiger partial charge in [-0.2, -0.15) is 0 Å². The highest BCUT2D eigenvalue weighted by Crippen LogP contribution is 2.25. The average Bonchev–Trinajstić information content (AvgIpc) is 2.36. The third-order valence-electron chi connectivity index (χ3n) is 4.51. The van der Waals surface area contributed by atoms with Gasteiger partial charge in [-0.3, -0.25) is 0 Å². The number of nitrogens with one attached hydrogen (secondary N) is 1. The Morgan fingerprint density at radius 2 is 1.82 bits per heavy atom. The zero-order valence-corrected chi connectivity index (χ0v) is 12.3. The summed E-state index contributed by atoms with van der Waals surface area (Å²) in [6.45, 7) is 10.5. The first-order valence-electron chi connectivity index (χ1n) is 7.56. The second-order valence-corrected chi connectivity index (χ2v) is 5.97. The minimum Gasteiger partial charge on any atom is -0.317 e. The summed E-state index contributed by atoms with van der Waals surface area (Å²) in [5, 5.41) is 3.46. The molecule has 1 aliphatic carbocycles. The quantitative estimate of drug-likeness (QED) is 0.735. The van der Waals surface area contributed by atoms with Crippen molar-refractivity contribution in [3.8, 4) is 0 Å². The van der Waals surface area contributed by atoms with E-state index < -0.39 is 0 Å². The first-order chi connectivity index (χ1) is 8.15. The monoisotopic (exact) mass is 240 g/mol. The van der Waals surface area contributed by atoms with E-state index >= 15 is 0 Å². The van der Waals surface area contributed by atoms with Crippen LogP contribution in [0.15, 0.2) is 0 Å². The van der Waals surface area contributed by atoms with Crippen LogP contribution in [0.25, 0.3) is 0 Å². The van der Waals surface area contributed by atoms with Crippen LogP contribution in [0, 0.1) is 11.8 Å². The van der Waals surface area contributed by atoms with Gasteiger partial charge in [0, 0.05) is 12.6 Å². The fourth-order valence-electron chi connectivity index (χ4n) is 2.92. The first-order valence-corrected chi connectivity index (χ1v) is 7.56. The van der Waals surface area contributed by atoms with Gasteiger partial charge in [0.05, 0.1) is 0 Å². The molecule has 2 atom stereocenters. The van der Waals surface area contributed by atoms with Crippen molar-refractivity contribution in [2.75, 3.05) is 26.7 Å². The lowest BCUT2D eigenvalue weighted by molar-refractivity contribution is 0.153. The van der Waals surface area contributed by atoms with Crippen molar-refractivity contribution >= 4 is 0 Å². The molecule has 1 saturated carbocycles. The summed E-state index contributed by atoms with van der Waals surface area (Å²) >= 11 is 0. The van der Waals surface area contributed by atoms with Crippen LogP contribution in [0.2, 0.25) is 0 Å². The molecule has 102 valence electrons. The molecule has 1 fully saturated rings. The van der Waals surface area contributed by atoms with Gasteiger partial charge in [0.25, 0.3) is 0 Å². The van der Waals surface area contributed by atoms with Crippen LogP contribution in [-0.2, 0) is 0 Å². The third-order valence-corrected chi connectivity index (χ3v) is 4.51. The van der Waals surface area contributed by atoms with Crippen molar-refractivity contribution in [3.05, 3.63) is 0 Å². The Morgan fingerprint density at radius 3 is 2.41 bits per heavy atom. The smallest absolute Gasteiger partial charge is 0.0102 e. The predicted molar refractivity (Wildman–Crippen MR) is 76.4 cm³/mol. The normalized spacial score (nSPS) is 21.7. The number of rotatable bonds is 7. The molecule has 0 heterocycles. The molecule has 0 aromatic rings. The zero-order valence-electron chi connectivity index (χ0n) is 12.3. The molecule has 1 N–H and O–H groups in total. The molecule has 0 radical (unpaired) electrons. The molecule has 0 spiro atoms. The predicted octanol–water partition coefficient (Wildman–Crippen LogP) is 3.13. The summed E-state index contributed by atoms with van der Waals surface area (Å²) < 4.78 is 0. The van der Waals surface area contributed by atoms with E-state index in [-0.39, 0.29) is 0 Å². The minimum atomic E-state index is 0.691. The fourth-order valence-corrected chi connectivity index (χ4v) is 2.92.